The van der Waals surface area contributed by atoms with E-state index in [9.17, 15) is 26.4 Å². The SMILES string of the molecule is CCCS(=O)(=O)N1C[C@@H]2[C@@H](CNC(=O)c3ccncc3)CO[C@@H]2C1.O=C(O)C(F)(F)F. The van der Waals surface area contributed by atoms with Crippen LogP contribution in [-0.2, 0) is 19.6 Å². The summed E-state index contributed by atoms with van der Waals surface area (Å²) in [5.41, 5.74) is 0.569. The van der Waals surface area contributed by atoms with Gasteiger partial charge in [0.2, 0.25) is 10.0 Å². The van der Waals surface area contributed by atoms with E-state index in [0.29, 0.717) is 38.2 Å². The molecule has 31 heavy (non-hydrogen) atoms. The Balaban J connectivity index is 0.000000423. The Morgan fingerprint density at radius 2 is 1.90 bits per heavy atom. The molecular weight excluding hydrogens is 443 g/mol. The zero-order valence-electron chi connectivity index (χ0n) is 16.7. The van der Waals surface area contributed by atoms with Gasteiger partial charge in [-0.2, -0.15) is 17.5 Å². The second kappa shape index (κ2) is 10.4. The highest BCUT2D eigenvalue weighted by molar-refractivity contribution is 7.89. The average molecular weight is 467 g/mol. The number of nitrogens with zero attached hydrogens (tertiary/aromatic N) is 2. The summed E-state index contributed by atoms with van der Waals surface area (Å²) in [7, 11) is -3.19. The lowest BCUT2D eigenvalue weighted by atomic mass is 9.93. The maximum absolute atomic E-state index is 12.2. The number of amides is 1. The summed E-state index contributed by atoms with van der Waals surface area (Å²) in [5.74, 6) is -2.44. The number of aromatic nitrogens is 1. The molecule has 0 aromatic carbocycles. The molecule has 1 aromatic rings. The molecule has 0 spiro atoms. The van der Waals surface area contributed by atoms with E-state index in [2.05, 4.69) is 10.3 Å². The number of ether oxygens (including phenoxy) is 1. The lowest BCUT2D eigenvalue weighted by molar-refractivity contribution is -0.192. The van der Waals surface area contributed by atoms with Crippen LogP contribution in [0.4, 0.5) is 13.2 Å². The van der Waals surface area contributed by atoms with Crippen LogP contribution < -0.4 is 5.32 Å². The van der Waals surface area contributed by atoms with Crippen molar-refractivity contribution in [2.75, 3.05) is 32.0 Å². The Kier molecular flexibility index (Phi) is 8.37. The van der Waals surface area contributed by atoms with Crippen molar-refractivity contribution in [2.45, 2.75) is 25.6 Å². The summed E-state index contributed by atoms with van der Waals surface area (Å²) in [5, 5.41) is 10.0. The summed E-state index contributed by atoms with van der Waals surface area (Å²) < 4.78 is 63.5. The first-order chi connectivity index (χ1) is 14.5. The lowest BCUT2D eigenvalue weighted by Crippen LogP contribution is -2.36. The van der Waals surface area contributed by atoms with Gasteiger partial charge in [-0.05, 0) is 18.6 Å². The molecule has 174 valence electrons. The molecule has 0 saturated carbocycles. The molecule has 9 nitrogen and oxygen atoms in total. The van der Waals surface area contributed by atoms with E-state index >= 15 is 0 Å². The van der Waals surface area contributed by atoms with Crippen molar-refractivity contribution in [3.8, 4) is 0 Å². The number of hydrogen-bond donors (Lipinski definition) is 2. The highest BCUT2D eigenvalue weighted by Gasteiger charge is 2.46. The predicted molar refractivity (Wildman–Crippen MR) is 103 cm³/mol. The molecular formula is C18H24F3N3O6S. The molecule has 0 bridgehead atoms. The van der Waals surface area contributed by atoms with Gasteiger partial charge in [-0.1, -0.05) is 6.92 Å². The van der Waals surface area contributed by atoms with Crippen LogP contribution in [0.2, 0.25) is 0 Å². The van der Waals surface area contributed by atoms with Crippen molar-refractivity contribution in [1.29, 1.82) is 0 Å². The third kappa shape index (κ3) is 6.87. The minimum Gasteiger partial charge on any atom is -0.475 e. The largest absolute Gasteiger partial charge is 0.490 e. The van der Waals surface area contributed by atoms with Gasteiger partial charge in [0.15, 0.2) is 0 Å². The van der Waals surface area contributed by atoms with Gasteiger partial charge in [0.25, 0.3) is 5.91 Å². The van der Waals surface area contributed by atoms with Gasteiger partial charge in [0, 0.05) is 49.4 Å². The van der Waals surface area contributed by atoms with Crippen molar-refractivity contribution in [2.24, 2.45) is 11.8 Å². The fourth-order valence-corrected chi connectivity index (χ4v) is 4.96. The van der Waals surface area contributed by atoms with Crippen LogP contribution >= 0.6 is 0 Å². The summed E-state index contributed by atoms with van der Waals surface area (Å²) in [6.45, 7) is 3.84. The number of alkyl halides is 3. The Labute approximate surface area is 177 Å². The standard InChI is InChI=1S/C16H23N3O4S.C2HF3O2/c1-2-7-24(21,22)19-9-14-13(11-23-15(14)10-19)8-18-16(20)12-3-5-17-6-4-12;3-2(4,5)1(6)7/h3-6,13-15H,2,7-11H2,1H3,(H,18,20);(H,6,7)/t13-,14+,15+;/m0./s1. The molecule has 2 N–H and O–H groups in total. The van der Waals surface area contributed by atoms with E-state index in [4.69, 9.17) is 14.6 Å². The number of sulfonamides is 1. The van der Waals surface area contributed by atoms with Gasteiger partial charge >= 0.3 is 12.1 Å². The molecule has 3 atom stereocenters. The van der Waals surface area contributed by atoms with E-state index < -0.39 is 22.2 Å². The molecule has 2 fully saturated rings. The molecule has 13 heteroatoms. The Morgan fingerprint density at radius 3 is 2.45 bits per heavy atom. The number of carboxylic acids is 1. The second-order valence-electron chi connectivity index (χ2n) is 7.18. The van der Waals surface area contributed by atoms with E-state index in [1.807, 2.05) is 6.92 Å². The number of halogens is 3. The Hall–Kier alpha value is -2.25. The van der Waals surface area contributed by atoms with Crippen molar-refractivity contribution in [3.05, 3.63) is 30.1 Å². The number of pyridine rings is 1. The lowest BCUT2D eigenvalue weighted by Gasteiger charge is -2.19. The topological polar surface area (TPSA) is 126 Å². The van der Waals surface area contributed by atoms with Gasteiger partial charge in [0.05, 0.1) is 18.5 Å². The smallest absolute Gasteiger partial charge is 0.475 e. The van der Waals surface area contributed by atoms with Gasteiger partial charge in [-0.3, -0.25) is 9.78 Å². The first kappa shape index (κ1) is 25.0. The minimum atomic E-state index is -5.08. The normalized spacial score (nSPS) is 23.5. The first-order valence-corrected chi connectivity index (χ1v) is 11.1. The third-order valence-electron chi connectivity index (χ3n) is 4.97. The number of aliphatic carboxylic acids is 1. The minimum absolute atomic E-state index is 0.0561. The van der Waals surface area contributed by atoms with Crippen LogP contribution in [0.15, 0.2) is 24.5 Å². The highest BCUT2D eigenvalue weighted by Crippen LogP contribution is 2.34. The Bertz CT molecular complexity index is 866. The van der Waals surface area contributed by atoms with Gasteiger partial charge in [-0.25, -0.2) is 13.2 Å². The van der Waals surface area contributed by atoms with Crippen LogP contribution in [0, 0.1) is 11.8 Å². The highest BCUT2D eigenvalue weighted by atomic mass is 32.2. The molecule has 3 heterocycles. The molecule has 0 radical (unpaired) electrons. The molecule has 1 amide bonds. The fraction of sp³-hybridized carbons (Fsp3) is 0.611. The number of carbonyl (C=O) groups excluding carboxylic acids is 1. The number of nitrogens with one attached hydrogen (secondary N) is 1. The van der Waals surface area contributed by atoms with Crippen LogP contribution in [0.3, 0.4) is 0 Å². The monoisotopic (exact) mass is 467 g/mol. The van der Waals surface area contributed by atoms with Crippen molar-refractivity contribution in [3.63, 3.8) is 0 Å². The summed E-state index contributed by atoms with van der Waals surface area (Å²) in [6, 6.07) is 3.33. The quantitative estimate of drug-likeness (QED) is 0.642. The van der Waals surface area contributed by atoms with E-state index in [1.165, 1.54) is 0 Å². The number of carbonyl (C=O) groups is 2. The average Bonchev–Trinajstić information content (AvgIpc) is 3.28. The molecule has 3 rings (SSSR count). The van der Waals surface area contributed by atoms with Gasteiger partial charge in [0.1, 0.15) is 0 Å². The van der Waals surface area contributed by atoms with Crippen LogP contribution in [0.25, 0.3) is 0 Å². The predicted octanol–water partition coefficient (Wildman–Crippen LogP) is 1.13. The van der Waals surface area contributed by atoms with Gasteiger partial charge in [-0.15, -0.1) is 0 Å². The van der Waals surface area contributed by atoms with Crippen LogP contribution in [-0.4, -0.2) is 79.0 Å². The zero-order valence-corrected chi connectivity index (χ0v) is 17.5. The Morgan fingerprint density at radius 1 is 1.29 bits per heavy atom. The second-order valence-corrected chi connectivity index (χ2v) is 9.27. The van der Waals surface area contributed by atoms with Gasteiger partial charge < -0.3 is 15.2 Å². The van der Waals surface area contributed by atoms with E-state index in [-0.39, 0.29) is 29.6 Å². The summed E-state index contributed by atoms with van der Waals surface area (Å²) in [6.07, 6.45) is -1.37. The van der Waals surface area contributed by atoms with E-state index in [0.717, 1.165) is 0 Å². The molecule has 1 aromatic heterocycles. The summed E-state index contributed by atoms with van der Waals surface area (Å²) >= 11 is 0. The third-order valence-corrected chi connectivity index (χ3v) is 6.98. The number of carboxylic acid groups (broad SMARTS) is 1. The maximum atomic E-state index is 12.2. The van der Waals surface area contributed by atoms with Crippen molar-refractivity contribution >= 4 is 21.9 Å². The molecule has 2 saturated heterocycles. The van der Waals surface area contributed by atoms with Crippen LogP contribution in [0.1, 0.15) is 23.7 Å². The van der Waals surface area contributed by atoms with Crippen molar-refractivity contribution in [1.82, 2.24) is 14.6 Å². The van der Waals surface area contributed by atoms with Crippen LogP contribution in [0.5, 0.6) is 0 Å². The van der Waals surface area contributed by atoms with E-state index in [1.54, 1.807) is 28.8 Å². The molecule has 0 aliphatic carbocycles. The molecule has 2 aliphatic heterocycles. The molecule has 2 aliphatic rings. The molecule has 0 unspecified atom stereocenters. The number of hydrogen-bond acceptors (Lipinski definition) is 6. The first-order valence-electron chi connectivity index (χ1n) is 9.53. The number of fused-ring (bicyclic) bond motifs is 1. The zero-order chi connectivity index (χ0) is 23.2. The van der Waals surface area contributed by atoms with Crippen molar-refractivity contribution < 1.29 is 41.0 Å². The maximum Gasteiger partial charge on any atom is 0.490 e. The number of rotatable bonds is 6. The fourth-order valence-electron chi connectivity index (χ4n) is 3.42. The summed E-state index contributed by atoms with van der Waals surface area (Å²) in [4.78, 5) is 24.9.